The Morgan fingerprint density at radius 3 is 3.00 bits per heavy atom. The van der Waals surface area contributed by atoms with Crippen molar-refractivity contribution in [3.8, 4) is 0 Å². The molecule has 1 aliphatic carbocycles. The van der Waals surface area contributed by atoms with Gasteiger partial charge in [-0.25, -0.2) is 0 Å². The predicted molar refractivity (Wildman–Crippen MR) is 72.2 cm³/mol. The lowest BCUT2D eigenvalue weighted by atomic mass is 9.87. The van der Waals surface area contributed by atoms with Crippen molar-refractivity contribution >= 4 is 5.69 Å². The molecule has 0 amide bonds. The van der Waals surface area contributed by atoms with Crippen LogP contribution in [0.2, 0.25) is 0 Å². The molecule has 2 unspecified atom stereocenters. The van der Waals surface area contributed by atoms with Crippen LogP contribution in [0.15, 0.2) is 24.3 Å². The Labute approximate surface area is 104 Å². The fourth-order valence-corrected chi connectivity index (χ4v) is 2.72. The van der Waals surface area contributed by atoms with E-state index in [2.05, 4.69) is 36.5 Å². The third-order valence-corrected chi connectivity index (χ3v) is 3.55. The minimum absolute atomic E-state index is 0.650. The van der Waals surface area contributed by atoms with E-state index in [1.54, 1.807) is 7.11 Å². The van der Waals surface area contributed by atoms with Crippen molar-refractivity contribution in [2.24, 2.45) is 5.92 Å². The largest absolute Gasteiger partial charge is 0.382 e. The van der Waals surface area contributed by atoms with Gasteiger partial charge >= 0.3 is 0 Å². The maximum Gasteiger partial charge on any atom is 0.0713 e. The van der Waals surface area contributed by atoms with Crippen molar-refractivity contribution in [1.29, 1.82) is 0 Å². The maximum atomic E-state index is 5.16. The highest BCUT2D eigenvalue weighted by Crippen LogP contribution is 2.26. The zero-order valence-electron chi connectivity index (χ0n) is 10.9. The van der Waals surface area contributed by atoms with Crippen LogP contribution in [0.25, 0.3) is 0 Å². The number of hydrogen-bond donors (Lipinski definition) is 1. The molecule has 1 N–H and O–H groups in total. The van der Waals surface area contributed by atoms with Crippen LogP contribution in [0, 0.1) is 5.92 Å². The van der Waals surface area contributed by atoms with E-state index < -0.39 is 0 Å². The molecule has 0 saturated heterocycles. The lowest BCUT2D eigenvalue weighted by Gasteiger charge is -2.28. The number of hydrogen-bond acceptors (Lipinski definition) is 2. The third-order valence-electron chi connectivity index (χ3n) is 3.55. The summed E-state index contributed by atoms with van der Waals surface area (Å²) in [6, 6.07) is 9.21. The summed E-state index contributed by atoms with van der Waals surface area (Å²) in [4.78, 5) is 0. The zero-order chi connectivity index (χ0) is 12.1. The molecule has 1 aromatic carbocycles. The van der Waals surface area contributed by atoms with Gasteiger partial charge in [-0.2, -0.15) is 0 Å². The van der Waals surface area contributed by atoms with Crippen molar-refractivity contribution in [3.63, 3.8) is 0 Å². The van der Waals surface area contributed by atoms with E-state index in [1.807, 2.05) is 0 Å². The standard InChI is InChI=1S/C15H23NO/c1-12-5-3-7-14(9-12)16-15-8-4-6-13(10-15)11-17-2/h4,6,8,10,12,14,16H,3,5,7,9,11H2,1-2H3. The minimum atomic E-state index is 0.650. The molecule has 17 heavy (non-hydrogen) atoms. The molecular formula is C15H23NO. The van der Waals surface area contributed by atoms with Gasteiger partial charge in [-0.1, -0.05) is 31.9 Å². The van der Waals surface area contributed by atoms with E-state index in [0.29, 0.717) is 12.6 Å². The molecular weight excluding hydrogens is 210 g/mol. The molecule has 2 rings (SSSR count). The molecule has 0 aromatic heterocycles. The van der Waals surface area contributed by atoms with Gasteiger partial charge in [-0.3, -0.25) is 0 Å². The van der Waals surface area contributed by atoms with Crippen molar-refractivity contribution in [2.45, 2.75) is 45.3 Å². The first-order valence-electron chi connectivity index (χ1n) is 6.62. The quantitative estimate of drug-likeness (QED) is 0.853. The Balaban J connectivity index is 1.95. The second kappa shape index (κ2) is 6.06. The average molecular weight is 233 g/mol. The number of anilines is 1. The fraction of sp³-hybridized carbons (Fsp3) is 0.600. The summed E-state index contributed by atoms with van der Waals surface area (Å²) in [6.45, 7) is 3.05. The molecule has 0 bridgehead atoms. The highest BCUT2D eigenvalue weighted by atomic mass is 16.5. The summed E-state index contributed by atoms with van der Waals surface area (Å²) in [7, 11) is 1.74. The molecule has 1 saturated carbocycles. The molecule has 2 atom stereocenters. The van der Waals surface area contributed by atoms with Gasteiger partial charge in [0.15, 0.2) is 0 Å². The van der Waals surface area contributed by atoms with E-state index in [9.17, 15) is 0 Å². The van der Waals surface area contributed by atoms with Gasteiger partial charge in [0.1, 0.15) is 0 Å². The molecule has 1 aromatic rings. The Morgan fingerprint density at radius 1 is 1.35 bits per heavy atom. The molecule has 0 spiro atoms. The minimum Gasteiger partial charge on any atom is -0.382 e. The zero-order valence-corrected chi connectivity index (χ0v) is 10.9. The Morgan fingerprint density at radius 2 is 2.24 bits per heavy atom. The van der Waals surface area contributed by atoms with E-state index in [-0.39, 0.29) is 0 Å². The summed E-state index contributed by atoms with van der Waals surface area (Å²) >= 11 is 0. The van der Waals surface area contributed by atoms with E-state index in [1.165, 1.54) is 36.9 Å². The summed E-state index contributed by atoms with van der Waals surface area (Å²) in [5.74, 6) is 0.864. The Hall–Kier alpha value is -1.02. The van der Waals surface area contributed by atoms with Crippen molar-refractivity contribution in [1.82, 2.24) is 0 Å². The summed E-state index contributed by atoms with van der Waals surface area (Å²) < 4.78 is 5.16. The number of nitrogens with one attached hydrogen (secondary N) is 1. The monoisotopic (exact) mass is 233 g/mol. The molecule has 1 aliphatic rings. The molecule has 94 valence electrons. The lowest BCUT2D eigenvalue weighted by Crippen LogP contribution is -2.26. The van der Waals surface area contributed by atoms with Crippen molar-refractivity contribution in [3.05, 3.63) is 29.8 Å². The first-order chi connectivity index (χ1) is 8.28. The van der Waals surface area contributed by atoms with Crippen LogP contribution in [0.3, 0.4) is 0 Å². The maximum absolute atomic E-state index is 5.16. The fourth-order valence-electron chi connectivity index (χ4n) is 2.72. The van der Waals surface area contributed by atoms with Gasteiger partial charge in [-0.15, -0.1) is 0 Å². The topological polar surface area (TPSA) is 21.3 Å². The van der Waals surface area contributed by atoms with E-state index in [4.69, 9.17) is 4.74 Å². The normalized spacial score (nSPS) is 24.6. The van der Waals surface area contributed by atoms with Crippen LogP contribution in [-0.2, 0) is 11.3 Å². The van der Waals surface area contributed by atoms with Crippen LogP contribution >= 0.6 is 0 Å². The number of benzene rings is 1. The molecule has 1 fully saturated rings. The molecule has 0 aliphatic heterocycles. The van der Waals surface area contributed by atoms with Crippen molar-refractivity contribution in [2.75, 3.05) is 12.4 Å². The van der Waals surface area contributed by atoms with Gasteiger partial charge in [-0.05, 0) is 36.5 Å². The predicted octanol–water partition coefficient (Wildman–Crippen LogP) is 3.82. The first kappa shape index (κ1) is 12.4. The van der Waals surface area contributed by atoms with Crippen LogP contribution < -0.4 is 5.32 Å². The van der Waals surface area contributed by atoms with Crippen LogP contribution in [-0.4, -0.2) is 13.2 Å². The van der Waals surface area contributed by atoms with Crippen molar-refractivity contribution < 1.29 is 4.74 Å². The van der Waals surface area contributed by atoms with Crippen LogP contribution in [0.1, 0.15) is 38.2 Å². The highest BCUT2D eigenvalue weighted by Gasteiger charge is 2.18. The smallest absolute Gasteiger partial charge is 0.0713 e. The highest BCUT2D eigenvalue weighted by molar-refractivity contribution is 5.46. The summed E-state index contributed by atoms with van der Waals surface area (Å²) in [5.41, 5.74) is 2.47. The van der Waals surface area contributed by atoms with Crippen LogP contribution in [0.4, 0.5) is 5.69 Å². The first-order valence-corrected chi connectivity index (χ1v) is 6.62. The van der Waals surface area contributed by atoms with Gasteiger partial charge in [0.05, 0.1) is 6.61 Å². The average Bonchev–Trinajstić information content (AvgIpc) is 2.30. The number of ether oxygens (including phenoxy) is 1. The third kappa shape index (κ3) is 3.74. The molecule has 0 radical (unpaired) electrons. The molecule has 0 heterocycles. The van der Waals surface area contributed by atoms with Gasteiger partial charge in [0, 0.05) is 18.8 Å². The second-order valence-electron chi connectivity index (χ2n) is 5.25. The Kier molecular flexibility index (Phi) is 4.43. The molecule has 2 nitrogen and oxygen atoms in total. The summed E-state index contributed by atoms with van der Waals surface area (Å²) in [6.07, 6.45) is 5.35. The van der Waals surface area contributed by atoms with Gasteiger partial charge < -0.3 is 10.1 Å². The number of rotatable bonds is 4. The van der Waals surface area contributed by atoms with Crippen LogP contribution in [0.5, 0.6) is 0 Å². The van der Waals surface area contributed by atoms with Gasteiger partial charge in [0.25, 0.3) is 0 Å². The molecule has 2 heteroatoms. The summed E-state index contributed by atoms with van der Waals surface area (Å²) in [5, 5.41) is 3.65. The van der Waals surface area contributed by atoms with Gasteiger partial charge in [0.2, 0.25) is 0 Å². The van der Waals surface area contributed by atoms with E-state index >= 15 is 0 Å². The Bertz CT molecular complexity index is 351. The lowest BCUT2D eigenvalue weighted by molar-refractivity contribution is 0.185. The second-order valence-corrected chi connectivity index (χ2v) is 5.25. The SMILES string of the molecule is COCc1cccc(NC2CCCC(C)C2)c1. The number of methoxy groups -OCH3 is 1. The van der Waals surface area contributed by atoms with E-state index in [0.717, 1.165) is 5.92 Å².